The summed E-state index contributed by atoms with van der Waals surface area (Å²) in [7, 11) is 1.43. The van der Waals surface area contributed by atoms with E-state index >= 15 is 0 Å². The van der Waals surface area contributed by atoms with Crippen LogP contribution in [0, 0.1) is 0 Å². The zero-order valence-corrected chi connectivity index (χ0v) is 12.1. The molecule has 0 aromatic heterocycles. The lowest BCUT2D eigenvalue weighted by atomic mass is 10.1. The van der Waals surface area contributed by atoms with Gasteiger partial charge in [-0.05, 0) is 19.1 Å². The number of rotatable bonds is 7. The molecule has 22 heavy (non-hydrogen) atoms. The van der Waals surface area contributed by atoms with E-state index in [1.807, 2.05) is 0 Å². The maximum Gasteiger partial charge on any atom is 0.459 e. The van der Waals surface area contributed by atoms with Gasteiger partial charge < -0.3 is 24.1 Å². The highest BCUT2D eigenvalue weighted by molar-refractivity contribution is 5.92. The third kappa shape index (κ3) is 4.46. The lowest BCUT2D eigenvalue weighted by Crippen LogP contribution is -2.47. The average molecular weight is 326 g/mol. The van der Waals surface area contributed by atoms with Crippen LogP contribution in [-0.2, 0) is 23.7 Å². The van der Waals surface area contributed by atoms with Crippen molar-refractivity contribution in [3.63, 3.8) is 0 Å². The Morgan fingerprint density at radius 1 is 1.41 bits per heavy atom. The molecule has 0 bridgehead atoms. The molecule has 0 radical (unpaired) electrons. The largest absolute Gasteiger partial charge is 0.462 e. The molecule has 1 aliphatic heterocycles. The average Bonchev–Trinajstić information content (AvgIpc) is 2.43. The zero-order valence-electron chi connectivity index (χ0n) is 12.1. The second-order valence-corrected chi connectivity index (χ2v) is 4.23. The number of halogens is 3. The normalized spacial score (nSPS) is 21.7. The molecule has 0 fully saturated rings. The van der Waals surface area contributed by atoms with Gasteiger partial charge in [-0.25, -0.2) is 4.79 Å². The highest BCUT2D eigenvalue weighted by Crippen LogP contribution is 2.38. The van der Waals surface area contributed by atoms with E-state index in [0.717, 1.165) is 6.08 Å². The predicted octanol–water partition coefficient (Wildman–Crippen LogP) is 1.30. The summed E-state index contributed by atoms with van der Waals surface area (Å²) >= 11 is 0. The summed E-state index contributed by atoms with van der Waals surface area (Å²) in [5.41, 5.74) is -0.242. The van der Waals surface area contributed by atoms with E-state index in [1.54, 1.807) is 6.92 Å². The minimum atomic E-state index is -5.07. The summed E-state index contributed by atoms with van der Waals surface area (Å²) in [4.78, 5) is 11.7. The Labute approximate surface area is 125 Å². The molecule has 0 spiro atoms. The minimum absolute atomic E-state index is 0.0392. The highest BCUT2D eigenvalue weighted by atomic mass is 19.4. The van der Waals surface area contributed by atoms with Gasteiger partial charge in [0.05, 0.1) is 25.4 Å². The molecule has 0 aliphatic carbocycles. The van der Waals surface area contributed by atoms with Crippen LogP contribution in [0.3, 0.4) is 0 Å². The van der Waals surface area contributed by atoms with E-state index < -0.39 is 30.3 Å². The fourth-order valence-corrected chi connectivity index (χ4v) is 1.52. The molecule has 1 rings (SSSR count). The quantitative estimate of drug-likeness (QED) is 0.562. The van der Waals surface area contributed by atoms with Crippen LogP contribution in [-0.4, -0.2) is 56.6 Å². The molecular formula is C13H17F3O6. The molecule has 1 unspecified atom stereocenters. The van der Waals surface area contributed by atoms with Crippen molar-refractivity contribution in [3.05, 3.63) is 23.5 Å². The second-order valence-electron chi connectivity index (χ2n) is 4.23. The van der Waals surface area contributed by atoms with Crippen molar-refractivity contribution < 1.29 is 42.0 Å². The molecule has 0 saturated carbocycles. The Morgan fingerprint density at radius 3 is 2.64 bits per heavy atom. The number of hydrogen-bond donors (Lipinski definition) is 1. The second kappa shape index (κ2) is 7.61. The molecule has 0 aromatic rings. The molecule has 0 saturated heterocycles. The van der Waals surface area contributed by atoms with Crippen molar-refractivity contribution in [2.24, 2.45) is 0 Å². The summed E-state index contributed by atoms with van der Waals surface area (Å²) in [5.74, 6) is -4.84. The molecule has 1 aliphatic rings. The molecule has 0 aromatic carbocycles. The number of carbonyl (C=O) groups excluding carboxylic acids is 1. The summed E-state index contributed by atoms with van der Waals surface area (Å²) in [6, 6.07) is 0. The molecule has 0 amide bonds. The van der Waals surface area contributed by atoms with Gasteiger partial charge in [0.25, 0.3) is 0 Å². The van der Waals surface area contributed by atoms with Gasteiger partial charge in [0.15, 0.2) is 0 Å². The van der Waals surface area contributed by atoms with Gasteiger partial charge in [0.2, 0.25) is 0 Å². The monoisotopic (exact) mass is 326 g/mol. The lowest BCUT2D eigenvalue weighted by Gasteiger charge is -2.32. The number of aliphatic hydroxyl groups is 1. The Hall–Kier alpha value is -1.58. The van der Waals surface area contributed by atoms with E-state index in [0.29, 0.717) is 6.08 Å². The summed E-state index contributed by atoms with van der Waals surface area (Å²) in [6.45, 7) is 1.43. The molecule has 1 heterocycles. The van der Waals surface area contributed by atoms with Crippen molar-refractivity contribution in [2.75, 3.05) is 33.5 Å². The van der Waals surface area contributed by atoms with Crippen molar-refractivity contribution in [1.82, 2.24) is 0 Å². The maximum atomic E-state index is 12.8. The standard InChI is InChI=1S/C13H17F3O6/c1-3-21-11(17)9-4-5-12(18,13(14,15)16)22-10(9)8-20-7-6-19-2/h4-5,18H,3,6-8H2,1-2H3. The predicted molar refractivity (Wildman–Crippen MR) is 67.6 cm³/mol. The van der Waals surface area contributed by atoms with E-state index in [9.17, 15) is 23.1 Å². The van der Waals surface area contributed by atoms with E-state index in [4.69, 9.17) is 14.2 Å². The van der Waals surface area contributed by atoms with Crippen LogP contribution >= 0.6 is 0 Å². The van der Waals surface area contributed by atoms with Crippen LogP contribution in [0.25, 0.3) is 0 Å². The number of hydrogen-bond acceptors (Lipinski definition) is 6. The number of esters is 1. The Balaban J connectivity index is 2.95. The van der Waals surface area contributed by atoms with Gasteiger partial charge in [0, 0.05) is 7.11 Å². The summed E-state index contributed by atoms with van der Waals surface area (Å²) in [6.07, 6.45) is -3.91. The molecule has 1 N–H and O–H groups in total. The Kier molecular flexibility index (Phi) is 6.39. The fraction of sp³-hybridized carbons (Fsp3) is 0.615. The zero-order chi connectivity index (χ0) is 16.8. The van der Waals surface area contributed by atoms with Crippen LogP contribution < -0.4 is 0 Å². The number of methoxy groups -OCH3 is 1. The topological polar surface area (TPSA) is 74.2 Å². The first-order valence-corrected chi connectivity index (χ1v) is 6.39. The van der Waals surface area contributed by atoms with Gasteiger partial charge in [0.1, 0.15) is 12.4 Å². The summed E-state index contributed by atoms with van der Waals surface area (Å²) in [5, 5.41) is 9.51. The lowest BCUT2D eigenvalue weighted by molar-refractivity contribution is -0.331. The smallest absolute Gasteiger partial charge is 0.459 e. The van der Waals surface area contributed by atoms with Crippen LogP contribution in [0.5, 0.6) is 0 Å². The number of carbonyl (C=O) groups is 1. The molecule has 1 atom stereocenters. The van der Waals surface area contributed by atoms with E-state index in [2.05, 4.69) is 4.74 Å². The number of alkyl halides is 3. The molecule has 6 nitrogen and oxygen atoms in total. The minimum Gasteiger partial charge on any atom is -0.462 e. The SMILES string of the molecule is CCOC(=O)C1=C(COCCOC)OC(O)(C(F)(F)F)C=C1. The Bertz CT molecular complexity index is 457. The third-order valence-electron chi connectivity index (χ3n) is 2.62. The van der Waals surface area contributed by atoms with Crippen LogP contribution in [0.4, 0.5) is 13.2 Å². The van der Waals surface area contributed by atoms with Gasteiger partial charge in [-0.1, -0.05) is 0 Å². The van der Waals surface area contributed by atoms with Crippen LogP contribution in [0.2, 0.25) is 0 Å². The van der Waals surface area contributed by atoms with Crippen molar-refractivity contribution >= 4 is 5.97 Å². The molecule has 126 valence electrons. The first kappa shape index (κ1) is 18.5. The van der Waals surface area contributed by atoms with Crippen LogP contribution in [0.1, 0.15) is 6.92 Å². The van der Waals surface area contributed by atoms with Crippen molar-refractivity contribution in [3.8, 4) is 0 Å². The first-order chi connectivity index (χ1) is 10.2. The number of ether oxygens (including phenoxy) is 4. The molecular weight excluding hydrogens is 309 g/mol. The highest BCUT2D eigenvalue weighted by Gasteiger charge is 2.56. The van der Waals surface area contributed by atoms with Gasteiger partial charge in [-0.15, -0.1) is 0 Å². The van der Waals surface area contributed by atoms with Crippen molar-refractivity contribution in [1.29, 1.82) is 0 Å². The van der Waals surface area contributed by atoms with E-state index in [1.165, 1.54) is 7.11 Å². The Morgan fingerprint density at radius 2 is 2.09 bits per heavy atom. The van der Waals surface area contributed by atoms with Crippen molar-refractivity contribution in [2.45, 2.75) is 18.9 Å². The summed E-state index contributed by atoms with van der Waals surface area (Å²) < 4.78 is 57.4. The van der Waals surface area contributed by atoms with Gasteiger partial charge in [-0.3, -0.25) is 0 Å². The van der Waals surface area contributed by atoms with E-state index in [-0.39, 0.29) is 25.4 Å². The molecule has 9 heteroatoms. The van der Waals surface area contributed by atoms with Gasteiger partial charge >= 0.3 is 17.9 Å². The van der Waals surface area contributed by atoms with Gasteiger partial charge in [-0.2, -0.15) is 13.2 Å². The first-order valence-electron chi connectivity index (χ1n) is 6.39. The fourth-order valence-electron chi connectivity index (χ4n) is 1.52. The maximum absolute atomic E-state index is 12.8. The van der Waals surface area contributed by atoms with Crippen LogP contribution in [0.15, 0.2) is 23.5 Å². The third-order valence-corrected chi connectivity index (χ3v) is 2.62.